The highest BCUT2D eigenvalue weighted by Gasteiger charge is 2.18. The topological polar surface area (TPSA) is 62.6 Å². The summed E-state index contributed by atoms with van der Waals surface area (Å²) in [5, 5.41) is 3.55. The molecule has 1 atom stereocenters. The number of aromatic nitrogens is 2. The van der Waals surface area contributed by atoms with Crippen LogP contribution in [0.5, 0.6) is 0 Å². The van der Waals surface area contributed by atoms with Crippen molar-refractivity contribution in [2.45, 2.75) is 13.3 Å². The Labute approximate surface area is 191 Å². The van der Waals surface area contributed by atoms with Crippen molar-refractivity contribution in [3.8, 4) is 11.4 Å². The standard InChI is InChI=1S/C26H33N5O/c1-6-20(15-27-3)24-16-29-25(30-26(24)28-14-19-11-12-32-18-19)23-10-8-9-22(13-23)21(7-2)17-31(4)5/h6-10,13,15-17,19H,2,11-12,14,18H2,1,3-5H3,(H,28,29,30)/b20-6+,21-17+,27-15?. The van der Waals surface area contributed by atoms with Crippen LogP contribution in [-0.4, -0.2) is 62.0 Å². The molecule has 2 aromatic rings. The smallest absolute Gasteiger partial charge is 0.161 e. The number of benzene rings is 1. The normalized spacial score (nSPS) is 17.1. The summed E-state index contributed by atoms with van der Waals surface area (Å²) >= 11 is 0. The molecular formula is C26H33N5O. The fourth-order valence-corrected chi connectivity index (χ4v) is 3.65. The summed E-state index contributed by atoms with van der Waals surface area (Å²) in [6.45, 7) is 8.39. The molecule has 0 amide bonds. The molecule has 0 radical (unpaired) electrons. The van der Waals surface area contributed by atoms with E-state index in [0.717, 1.165) is 59.8 Å². The maximum Gasteiger partial charge on any atom is 0.161 e. The van der Waals surface area contributed by atoms with Crippen LogP contribution in [0.1, 0.15) is 24.5 Å². The van der Waals surface area contributed by atoms with Crippen molar-refractivity contribution >= 4 is 23.2 Å². The Kier molecular flexibility index (Phi) is 8.34. The molecule has 1 saturated heterocycles. The Balaban J connectivity index is 1.99. The predicted octanol–water partition coefficient (Wildman–Crippen LogP) is 4.78. The zero-order valence-electron chi connectivity index (χ0n) is 19.5. The van der Waals surface area contributed by atoms with Crippen LogP contribution < -0.4 is 5.32 Å². The van der Waals surface area contributed by atoms with E-state index < -0.39 is 0 Å². The van der Waals surface area contributed by atoms with Gasteiger partial charge in [0.1, 0.15) is 5.82 Å². The van der Waals surface area contributed by atoms with Gasteiger partial charge in [-0.2, -0.15) is 0 Å². The van der Waals surface area contributed by atoms with E-state index in [0.29, 0.717) is 11.7 Å². The molecular weight excluding hydrogens is 398 g/mol. The third-order valence-corrected chi connectivity index (χ3v) is 5.33. The summed E-state index contributed by atoms with van der Waals surface area (Å²) in [6, 6.07) is 8.24. The maximum atomic E-state index is 5.53. The van der Waals surface area contributed by atoms with Gasteiger partial charge in [0.25, 0.3) is 0 Å². The number of nitrogens with zero attached hydrogens (tertiary/aromatic N) is 4. The molecule has 6 nitrogen and oxygen atoms in total. The minimum absolute atomic E-state index is 0.491. The van der Waals surface area contributed by atoms with Crippen LogP contribution in [0.15, 0.2) is 60.4 Å². The number of allylic oxidation sites excluding steroid dienone is 4. The van der Waals surface area contributed by atoms with Gasteiger partial charge < -0.3 is 15.0 Å². The zero-order chi connectivity index (χ0) is 22.9. The van der Waals surface area contributed by atoms with Crippen molar-refractivity contribution in [2.24, 2.45) is 10.9 Å². The van der Waals surface area contributed by atoms with Crippen molar-refractivity contribution in [1.82, 2.24) is 14.9 Å². The van der Waals surface area contributed by atoms with Gasteiger partial charge in [-0.1, -0.05) is 36.9 Å². The number of nitrogens with one attached hydrogen (secondary N) is 1. The van der Waals surface area contributed by atoms with Crippen LogP contribution in [0.25, 0.3) is 22.5 Å². The van der Waals surface area contributed by atoms with Crippen molar-refractivity contribution in [1.29, 1.82) is 0 Å². The van der Waals surface area contributed by atoms with Crippen molar-refractivity contribution in [2.75, 3.05) is 46.2 Å². The first-order chi connectivity index (χ1) is 15.5. The number of hydrogen-bond acceptors (Lipinski definition) is 6. The van der Waals surface area contributed by atoms with Gasteiger partial charge in [-0.25, -0.2) is 9.97 Å². The molecule has 0 saturated carbocycles. The van der Waals surface area contributed by atoms with Crippen LogP contribution in [0.3, 0.4) is 0 Å². The number of anilines is 1. The second-order valence-corrected chi connectivity index (χ2v) is 8.03. The van der Waals surface area contributed by atoms with Crippen LogP contribution >= 0.6 is 0 Å². The molecule has 0 bridgehead atoms. The Morgan fingerprint density at radius 2 is 2.19 bits per heavy atom. The van der Waals surface area contributed by atoms with Crippen molar-refractivity contribution < 1.29 is 4.74 Å². The molecule has 1 unspecified atom stereocenters. The molecule has 1 aliphatic heterocycles. The summed E-state index contributed by atoms with van der Waals surface area (Å²) in [7, 11) is 5.77. The Hall–Kier alpha value is -3.25. The van der Waals surface area contributed by atoms with Gasteiger partial charge in [0.15, 0.2) is 5.82 Å². The molecule has 2 heterocycles. The van der Waals surface area contributed by atoms with Gasteiger partial charge in [0.2, 0.25) is 0 Å². The summed E-state index contributed by atoms with van der Waals surface area (Å²) in [6.07, 6.45) is 10.7. The lowest BCUT2D eigenvalue weighted by Crippen LogP contribution is -2.16. The molecule has 168 valence electrons. The number of hydrogen-bond donors (Lipinski definition) is 1. The van der Waals surface area contributed by atoms with Gasteiger partial charge in [-0.3, -0.25) is 4.99 Å². The SMILES string of the molecule is C=C/C(=C\N(C)C)c1cccc(-c2ncc(/C(C=NC)=C/C)c(NCC3CCOC3)n2)c1. The summed E-state index contributed by atoms with van der Waals surface area (Å²) in [5.74, 6) is 1.98. The van der Waals surface area contributed by atoms with Gasteiger partial charge in [-0.05, 0) is 30.5 Å². The quantitative estimate of drug-likeness (QED) is 0.457. The molecule has 0 spiro atoms. The summed E-state index contributed by atoms with van der Waals surface area (Å²) in [5.41, 5.74) is 5.00. The lowest BCUT2D eigenvalue weighted by atomic mass is 10.0. The summed E-state index contributed by atoms with van der Waals surface area (Å²) in [4.78, 5) is 15.8. The first-order valence-corrected chi connectivity index (χ1v) is 10.9. The molecule has 1 fully saturated rings. The van der Waals surface area contributed by atoms with Gasteiger partial charge in [0, 0.05) is 75.5 Å². The highest BCUT2D eigenvalue weighted by atomic mass is 16.5. The van der Waals surface area contributed by atoms with E-state index in [4.69, 9.17) is 14.7 Å². The monoisotopic (exact) mass is 431 g/mol. The fraction of sp³-hybridized carbons (Fsp3) is 0.346. The molecule has 6 heteroatoms. The van der Waals surface area contributed by atoms with Crippen LogP contribution in [-0.2, 0) is 4.74 Å². The van der Waals surface area contributed by atoms with E-state index in [1.807, 2.05) is 62.6 Å². The van der Waals surface area contributed by atoms with E-state index >= 15 is 0 Å². The molecule has 1 aliphatic rings. The van der Waals surface area contributed by atoms with E-state index in [-0.39, 0.29) is 0 Å². The van der Waals surface area contributed by atoms with E-state index in [1.165, 1.54) is 0 Å². The van der Waals surface area contributed by atoms with Crippen LogP contribution in [0.4, 0.5) is 5.82 Å². The first-order valence-electron chi connectivity index (χ1n) is 10.9. The Morgan fingerprint density at radius 3 is 2.84 bits per heavy atom. The fourth-order valence-electron chi connectivity index (χ4n) is 3.65. The van der Waals surface area contributed by atoms with Gasteiger partial charge in [-0.15, -0.1) is 0 Å². The summed E-state index contributed by atoms with van der Waals surface area (Å²) < 4.78 is 5.53. The molecule has 3 rings (SSSR count). The molecule has 0 aliphatic carbocycles. The Bertz CT molecular complexity index is 1020. The predicted molar refractivity (Wildman–Crippen MR) is 135 cm³/mol. The number of ether oxygens (including phenoxy) is 1. The largest absolute Gasteiger partial charge is 0.383 e. The van der Waals surface area contributed by atoms with E-state index in [9.17, 15) is 0 Å². The minimum Gasteiger partial charge on any atom is -0.383 e. The number of aliphatic imine (C=N–C) groups is 1. The third-order valence-electron chi connectivity index (χ3n) is 5.33. The highest BCUT2D eigenvalue weighted by molar-refractivity contribution is 6.11. The van der Waals surface area contributed by atoms with Crippen LogP contribution in [0, 0.1) is 5.92 Å². The third kappa shape index (κ3) is 5.92. The van der Waals surface area contributed by atoms with Gasteiger partial charge in [0.05, 0.1) is 6.61 Å². The average molecular weight is 432 g/mol. The van der Waals surface area contributed by atoms with Gasteiger partial charge >= 0.3 is 0 Å². The molecule has 1 N–H and O–H groups in total. The first kappa shape index (κ1) is 23.4. The lowest BCUT2D eigenvalue weighted by molar-refractivity contribution is 0.187. The van der Waals surface area contributed by atoms with E-state index in [1.54, 1.807) is 7.05 Å². The second-order valence-electron chi connectivity index (χ2n) is 8.03. The van der Waals surface area contributed by atoms with Crippen LogP contribution in [0.2, 0.25) is 0 Å². The lowest BCUT2D eigenvalue weighted by Gasteiger charge is -2.15. The average Bonchev–Trinajstić information content (AvgIpc) is 3.33. The van der Waals surface area contributed by atoms with E-state index in [2.05, 4.69) is 35.2 Å². The molecule has 1 aromatic heterocycles. The molecule has 32 heavy (non-hydrogen) atoms. The second kappa shape index (κ2) is 11.4. The Morgan fingerprint density at radius 1 is 1.34 bits per heavy atom. The minimum atomic E-state index is 0.491. The number of rotatable bonds is 9. The zero-order valence-corrected chi connectivity index (χ0v) is 19.5. The highest BCUT2D eigenvalue weighted by Crippen LogP contribution is 2.27. The van der Waals surface area contributed by atoms with Crippen molar-refractivity contribution in [3.63, 3.8) is 0 Å². The maximum absolute atomic E-state index is 5.53. The van der Waals surface area contributed by atoms with Crippen molar-refractivity contribution in [3.05, 3.63) is 66.5 Å². The molecule has 1 aromatic carbocycles.